The lowest BCUT2D eigenvalue weighted by molar-refractivity contribution is -0.121. The van der Waals surface area contributed by atoms with E-state index in [1.165, 1.54) is 5.56 Å². The zero-order valence-electron chi connectivity index (χ0n) is 18.3. The molecule has 0 aliphatic carbocycles. The fraction of sp³-hybridized carbons (Fsp3) is 0.417. The third-order valence-corrected chi connectivity index (χ3v) is 5.63. The number of carbonyl (C=O) groups excluding carboxylic acids is 2. The number of rotatable bonds is 8. The Bertz CT molecular complexity index is 941. The number of carbonyl (C=O) groups is 2. The summed E-state index contributed by atoms with van der Waals surface area (Å²) in [4.78, 5) is 28.8. The van der Waals surface area contributed by atoms with E-state index in [2.05, 4.69) is 17.1 Å². The van der Waals surface area contributed by atoms with E-state index in [1.807, 2.05) is 30.3 Å². The quantitative estimate of drug-likeness (QED) is 0.680. The summed E-state index contributed by atoms with van der Waals surface area (Å²) in [6.07, 6.45) is 0.956. The van der Waals surface area contributed by atoms with Crippen LogP contribution in [0.25, 0.3) is 0 Å². The first-order valence-corrected chi connectivity index (χ1v) is 11.0. The van der Waals surface area contributed by atoms with Gasteiger partial charge in [-0.1, -0.05) is 19.1 Å². The minimum atomic E-state index is -0.263. The minimum absolute atomic E-state index is 0.00955. The van der Waals surface area contributed by atoms with Gasteiger partial charge in [0, 0.05) is 37.9 Å². The molecule has 0 spiro atoms. The molecule has 0 atom stereocenters. The summed E-state index contributed by atoms with van der Waals surface area (Å²) in [5, 5.41) is 2.83. The van der Waals surface area contributed by atoms with Crippen molar-refractivity contribution in [2.45, 2.75) is 13.3 Å². The molecule has 170 valence electrons. The molecule has 2 heterocycles. The maximum atomic E-state index is 12.4. The van der Waals surface area contributed by atoms with Crippen molar-refractivity contribution in [1.82, 2.24) is 4.90 Å². The molecule has 0 radical (unpaired) electrons. The van der Waals surface area contributed by atoms with Crippen LogP contribution in [0.5, 0.6) is 11.5 Å². The van der Waals surface area contributed by atoms with Crippen LogP contribution in [-0.4, -0.2) is 69.3 Å². The van der Waals surface area contributed by atoms with Crippen LogP contribution in [0.1, 0.15) is 12.5 Å². The average Bonchev–Trinajstić information content (AvgIpc) is 2.83. The summed E-state index contributed by atoms with van der Waals surface area (Å²) in [6, 6.07) is 13.0. The molecule has 2 aliphatic heterocycles. The first-order chi connectivity index (χ1) is 15.6. The number of ether oxygens (including phenoxy) is 3. The molecular weight excluding hydrogens is 410 g/mol. The number of nitrogens with zero attached hydrogens (tertiary/aromatic N) is 2. The third-order valence-electron chi connectivity index (χ3n) is 5.63. The number of hydrogen-bond donors (Lipinski definition) is 1. The van der Waals surface area contributed by atoms with E-state index >= 15 is 0 Å². The second-order valence-electron chi connectivity index (χ2n) is 7.80. The molecule has 0 unspecified atom stereocenters. The highest BCUT2D eigenvalue weighted by Gasteiger charge is 2.26. The van der Waals surface area contributed by atoms with Crippen molar-refractivity contribution in [3.05, 3.63) is 48.0 Å². The van der Waals surface area contributed by atoms with Crippen LogP contribution in [0.4, 0.5) is 11.4 Å². The van der Waals surface area contributed by atoms with Crippen molar-refractivity contribution in [1.29, 1.82) is 0 Å². The molecule has 2 aliphatic rings. The summed E-state index contributed by atoms with van der Waals surface area (Å²) in [7, 11) is 0. The van der Waals surface area contributed by atoms with Crippen molar-refractivity contribution in [2.24, 2.45) is 0 Å². The lowest BCUT2D eigenvalue weighted by Crippen LogP contribution is -2.45. The molecule has 1 N–H and O–H groups in total. The van der Waals surface area contributed by atoms with Crippen LogP contribution >= 0.6 is 0 Å². The van der Waals surface area contributed by atoms with Crippen LogP contribution < -0.4 is 19.7 Å². The standard InChI is InChI=1S/C24H29N3O5/c1-2-18-3-6-20(7-4-18)31-16-23(28)25-19-5-8-21-22(15-19)32-17-24(29)27(21)10-9-26-11-13-30-14-12-26/h3-8,15H,2,9-14,16-17H2,1H3,(H,25,28). The van der Waals surface area contributed by atoms with E-state index in [0.29, 0.717) is 23.7 Å². The molecule has 0 bridgehead atoms. The van der Waals surface area contributed by atoms with Crippen molar-refractivity contribution in [3.8, 4) is 11.5 Å². The molecule has 4 rings (SSSR count). The summed E-state index contributed by atoms with van der Waals surface area (Å²) in [6.45, 7) is 6.56. The van der Waals surface area contributed by atoms with Gasteiger partial charge in [-0.25, -0.2) is 0 Å². The molecular formula is C24H29N3O5. The number of nitrogens with one attached hydrogen (secondary N) is 1. The molecule has 1 saturated heterocycles. The Balaban J connectivity index is 1.33. The van der Waals surface area contributed by atoms with Gasteiger partial charge < -0.3 is 24.4 Å². The van der Waals surface area contributed by atoms with Crippen molar-refractivity contribution < 1.29 is 23.8 Å². The van der Waals surface area contributed by atoms with Crippen LogP contribution in [-0.2, 0) is 20.7 Å². The number of anilines is 2. The van der Waals surface area contributed by atoms with Gasteiger partial charge in [0.05, 0.1) is 18.9 Å². The topological polar surface area (TPSA) is 80.3 Å². The van der Waals surface area contributed by atoms with Gasteiger partial charge in [0.2, 0.25) is 0 Å². The Morgan fingerprint density at radius 1 is 1.09 bits per heavy atom. The number of benzene rings is 2. The van der Waals surface area contributed by atoms with Gasteiger partial charge in [0.15, 0.2) is 13.2 Å². The van der Waals surface area contributed by atoms with Crippen molar-refractivity contribution in [2.75, 3.05) is 62.8 Å². The second kappa shape index (κ2) is 10.5. The van der Waals surface area contributed by atoms with E-state index < -0.39 is 0 Å². The molecule has 2 aromatic carbocycles. The molecule has 8 nitrogen and oxygen atoms in total. The zero-order chi connectivity index (χ0) is 22.3. The van der Waals surface area contributed by atoms with Gasteiger partial charge >= 0.3 is 0 Å². The number of hydrogen-bond acceptors (Lipinski definition) is 6. The van der Waals surface area contributed by atoms with Gasteiger partial charge in [-0.3, -0.25) is 14.5 Å². The fourth-order valence-electron chi connectivity index (χ4n) is 3.76. The Morgan fingerprint density at radius 2 is 1.88 bits per heavy atom. The van der Waals surface area contributed by atoms with Gasteiger partial charge in [0.25, 0.3) is 11.8 Å². The third kappa shape index (κ3) is 5.57. The molecule has 2 aromatic rings. The Kier molecular flexibility index (Phi) is 7.24. The van der Waals surface area contributed by atoms with E-state index in [-0.39, 0.29) is 25.0 Å². The normalized spacial score (nSPS) is 16.3. The van der Waals surface area contributed by atoms with Crippen LogP contribution in [0.3, 0.4) is 0 Å². The molecule has 2 amide bonds. The lowest BCUT2D eigenvalue weighted by atomic mass is 10.2. The number of morpholine rings is 1. The molecule has 8 heteroatoms. The predicted molar refractivity (Wildman–Crippen MR) is 121 cm³/mol. The summed E-state index contributed by atoms with van der Waals surface area (Å²) >= 11 is 0. The fourth-order valence-corrected chi connectivity index (χ4v) is 3.76. The van der Waals surface area contributed by atoms with Crippen LogP contribution in [0.15, 0.2) is 42.5 Å². The van der Waals surface area contributed by atoms with Gasteiger partial charge in [-0.05, 0) is 36.2 Å². The first kappa shape index (κ1) is 22.1. The van der Waals surface area contributed by atoms with Gasteiger partial charge in [-0.2, -0.15) is 0 Å². The molecule has 0 aromatic heterocycles. The smallest absolute Gasteiger partial charge is 0.265 e. The Hall–Kier alpha value is -3.10. The zero-order valence-corrected chi connectivity index (χ0v) is 18.3. The highest BCUT2D eigenvalue weighted by molar-refractivity contribution is 5.99. The highest BCUT2D eigenvalue weighted by atomic mass is 16.5. The predicted octanol–water partition coefficient (Wildman–Crippen LogP) is 2.32. The molecule has 32 heavy (non-hydrogen) atoms. The van der Waals surface area contributed by atoms with E-state index in [9.17, 15) is 9.59 Å². The SMILES string of the molecule is CCc1ccc(OCC(=O)Nc2ccc3c(c2)OCC(=O)N3CCN2CCOCC2)cc1. The van der Waals surface area contributed by atoms with Crippen molar-refractivity contribution >= 4 is 23.2 Å². The molecule has 0 saturated carbocycles. The Morgan fingerprint density at radius 3 is 2.62 bits per heavy atom. The minimum Gasteiger partial charge on any atom is -0.484 e. The first-order valence-electron chi connectivity index (χ1n) is 11.0. The number of amides is 2. The molecule has 1 fully saturated rings. The summed E-state index contributed by atoms with van der Waals surface area (Å²) in [5.74, 6) is 0.909. The van der Waals surface area contributed by atoms with Crippen LogP contribution in [0, 0.1) is 0 Å². The highest BCUT2D eigenvalue weighted by Crippen LogP contribution is 2.34. The van der Waals surface area contributed by atoms with Gasteiger partial charge in [-0.15, -0.1) is 0 Å². The van der Waals surface area contributed by atoms with Gasteiger partial charge in [0.1, 0.15) is 11.5 Å². The maximum absolute atomic E-state index is 12.4. The summed E-state index contributed by atoms with van der Waals surface area (Å²) < 4.78 is 16.6. The van der Waals surface area contributed by atoms with E-state index in [1.54, 1.807) is 17.0 Å². The van der Waals surface area contributed by atoms with Crippen LogP contribution in [0.2, 0.25) is 0 Å². The van der Waals surface area contributed by atoms with E-state index in [0.717, 1.165) is 45.0 Å². The lowest BCUT2D eigenvalue weighted by Gasteiger charge is -2.33. The monoisotopic (exact) mass is 439 g/mol. The maximum Gasteiger partial charge on any atom is 0.265 e. The van der Waals surface area contributed by atoms with Crippen molar-refractivity contribution in [3.63, 3.8) is 0 Å². The number of fused-ring (bicyclic) bond motifs is 1. The Labute approximate surface area is 188 Å². The number of aryl methyl sites for hydroxylation is 1. The summed E-state index contributed by atoms with van der Waals surface area (Å²) in [5.41, 5.74) is 2.54. The average molecular weight is 440 g/mol. The largest absolute Gasteiger partial charge is 0.484 e. The second-order valence-corrected chi connectivity index (χ2v) is 7.80. The van der Waals surface area contributed by atoms with E-state index in [4.69, 9.17) is 14.2 Å².